The lowest BCUT2D eigenvalue weighted by Gasteiger charge is -1.95. The molecule has 0 fully saturated rings. The number of methoxy groups -OCH3 is 1. The van der Waals surface area contributed by atoms with E-state index in [9.17, 15) is 0 Å². The van der Waals surface area contributed by atoms with Crippen LogP contribution in [0.3, 0.4) is 0 Å². The molecule has 0 spiro atoms. The molecule has 4 heteroatoms. The van der Waals surface area contributed by atoms with Crippen molar-refractivity contribution < 1.29 is 4.74 Å². The first-order chi connectivity index (χ1) is 4.77. The largest absolute Gasteiger partial charge is 0.481 e. The second kappa shape index (κ2) is 2.60. The molecule has 0 amide bonds. The van der Waals surface area contributed by atoms with Crippen molar-refractivity contribution >= 4 is 5.82 Å². The summed E-state index contributed by atoms with van der Waals surface area (Å²) in [5.41, 5.74) is 0. The number of anilines is 1. The Balaban J connectivity index is 2.92. The zero-order chi connectivity index (χ0) is 7.56. The van der Waals surface area contributed by atoms with Gasteiger partial charge < -0.3 is 10.1 Å². The summed E-state index contributed by atoms with van der Waals surface area (Å²) in [6.45, 7) is 0. The van der Waals surface area contributed by atoms with Gasteiger partial charge >= 0.3 is 0 Å². The quantitative estimate of drug-likeness (QED) is 0.650. The van der Waals surface area contributed by atoms with E-state index in [4.69, 9.17) is 4.74 Å². The van der Waals surface area contributed by atoms with E-state index >= 15 is 0 Å². The van der Waals surface area contributed by atoms with Crippen LogP contribution in [0.1, 0.15) is 0 Å². The molecule has 0 aliphatic heterocycles. The highest BCUT2D eigenvalue weighted by Gasteiger charge is 2.00. The molecule has 0 unspecified atom stereocenters. The van der Waals surface area contributed by atoms with Gasteiger partial charge in [0.25, 0.3) is 0 Å². The maximum atomic E-state index is 4.99. The normalized spacial score (nSPS) is 9.50. The highest BCUT2D eigenvalue weighted by atomic mass is 16.5. The van der Waals surface area contributed by atoms with E-state index in [1.807, 2.05) is 20.2 Å². The van der Waals surface area contributed by atoms with Crippen LogP contribution in [0.4, 0.5) is 5.82 Å². The van der Waals surface area contributed by atoms with Gasteiger partial charge in [0, 0.05) is 20.2 Å². The minimum absolute atomic E-state index is 0.754. The minimum Gasteiger partial charge on any atom is -0.481 e. The Hall–Kier alpha value is -1.19. The van der Waals surface area contributed by atoms with Crippen LogP contribution >= 0.6 is 0 Å². The molecule has 0 radical (unpaired) electrons. The molecule has 0 aliphatic rings. The van der Waals surface area contributed by atoms with Crippen LogP contribution in [0.25, 0.3) is 0 Å². The third kappa shape index (κ3) is 1.05. The van der Waals surface area contributed by atoms with Crippen molar-refractivity contribution in [3.05, 3.63) is 6.07 Å². The van der Waals surface area contributed by atoms with Crippen LogP contribution in [0.15, 0.2) is 6.07 Å². The summed E-state index contributed by atoms with van der Waals surface area (Å²) in [4.78, 5) is 0. The van der Waals surface area contributed by atoms with Crippen molar-refractivity contribution in [3.63, 3.8) is 0 Å². The fourth-order valence-corrected chi connectivity index (χ4v) is 0.763. The van der Waals surface area contributed by atoms with Gasteiger partial charge in [-0.05, 0) is 0 Å². The number of nitrogens with zero attached hydrogens (tertiary/aromatic N) is 2. The van der Waals surface area contributed by atoms with Crippen molar-refractivity contribution in [1.82, 2.24) is 9.78 Å². The van der Waals surface area contributed by atoms with E-state index in [1.54, 1.807) is 11.8 Å². The maximum Gasteiger partial charge on any atom is 0.213 e. The Kier molecular flexibility index (Phi) is 1.80. The smallest absolute Gasteiger partial charge is 0.213 e. The van der Waals surface area contributed by atoms with Gasteiger partial charge in [-0.25, -0.2) is 4.68 Å². The summed E-state index contributed by atoms with van der Waals surface area (Å²) in [6.07, 6.45) is 0. The number of aryl methyl sites for hydroxylation is 1. The van der Waals surface area contributed by atoms with Crippen molar-refractivity contribution in [2.75, 3.05) is 19.5 Å². The Morgan fingerprint density at radius 2 is 2.40 bits per heavy atom. The van der Waals surface area contributed by atoms with E-state index in [-0.39, 0.29) is 0 Å². The fourth-order valence-electron chi connectivity index (χ4n) is 0.763. The highest BCUT2D eigenvalue weighted by Crippen LogP contribution is 2.13. The Morgan fingerprint density at radius 3 is 2.70 bits per heavy atom. The lowest BCUT2D eigenvalue weighted by atomic mass is 10.6. The number of aromatic nitrogens is 2. The van der Waals surface area contributed by atoms with Gasteiger partial charge in [-0.3, -0.25) is 0 Å². The predicted molar refractivity (Wildman–Crippen MR) is 39.3 cm³/mol. The van der Waals surface area contributed by atoms with Crippen LogP contribution in [0, 0.1) is 0 Å². The first kappa shape index (κ1) is 6.92. The molecule has 1 aromatic rings. The fraction of sp³-hybridized carbons (Fsp3) is 0.500. The molecular weight excluding hydrogens is 130 g/mol. The standard InChI is InChI=1S/C6H11N3O/c1-7-5-4-6(10-3)9(2)8-5/h4H,1-3H3,(H,7,8). The van der Waals surface area contributed by atoms with Gasteiger partial charge in [-0.2, -0.15) is 5.10 Å². The van der Waals surface area contributed by atoms with Crippen molar-refractivity contribution in [2.45, 2.75) is 0 Å². The Labute approximate surface area is 59.8 Å². The molecule has 0 aromatic carbocycles. The molecule has 4 nitrogen and oxygen atoms in total. The molecule has 0 saturated heterocycles. The lowest BCUT2D eigenvalue weighted by Crippen LogP contribution is -1.95. The summed E-state index contributed by atoms with van der Waals surface area (Å²) in [5.74, 6) is 1.57. The monoisotopic (exact) mass is 141 g/mol. The van der Waals surface area contributed by atoms with Crippen LogP contribution in [0.5, 0.6) is 5.88 Å². The second-order valence-corrected chi connectivity index (χ2v) is 1.95. The Morgan fingerprint density at radius 1 is 1.70 bits per heavy atom. The number of ether oxygens (including phenoxy) is 1. The number of hydrogen-bond donors (Lipinski definition) is 1. The van der Waals surface area contributed by atoms with E-state index < -0.39 is 0 Å². The van der Waals surface area contributed by atoms with Gasteiger partial charge in [-0.15, -0.1) is 0 Å². The molecular formula is C6H11N3O. The SMILES string of the molecule is CNc1cc(OC)n(C)n1. The maximum absolute atomic E-state index is 4.99. The molecule has 1 aromatic heterocycles. The average molecular weight is 141 g/mol. The summed E-state index contributed by atoms with van der Waals surface area (Å²) < 4.78 is 6.66. The summed E-state index contributed by atoms with van der Waals surface area (Å²) in [7, 11) is 5.28. The molecule has 1 heterocycles. The third-order valence-electron chi connectivity index (χ3n) is 1.30. The van der Waals surface area contributed by atoms with Gasteiger partial charge in [-0.1, -0.05) is 0 Å². The van der Waals surface area contributed by atoms with E-state index in [0.717, 1.165) is 11.7 Å². The van der Waals surface area contributed by atoms with Crippen molar-refractivity contribution in [2.24, 2.45) is 7.05 Å². The van der Waals surface area contributed by atoms with Gasteiger partial charge in [0.15, 0.2) is 5.82 Å². The zero-order valence-corrected chi connectivity index (χ0v) is 6.38. The van der Waals surface area contributed by atoms with Crippen LogP contribution in [0.2, 0.25) is 0 Å². The molecule has 0 atom stereocenters. The number of hydrogen-bond acceptors (Lipinski definition) is 3. The lowest BCUT2D eigenvalue weighted by molar-refractivity contribution is 0.373. The average Bonchev–Trinajstić information content (AvgIpc) is 2.30. The highest BCUT2D eigenvalue weighted by molar-refractivity contribution is 5.37. The molecule has 0 saturated carbocycles. The molecule has 0 aliphatic carbocycles. The number of rotatable bonds is 2. The van der Waals surface area contributed by atoms with Crippen LogP contribution in [-0.4, -0.2) is 23.9 Å². The van der Waals surface area contributed by atoms with Crippen molar-refractivity contribution in [3.8, 4) is 5.88 Å². The molecule has 1 N–H and O–H groups in total. The predicted octanol–water partition coefficient (Wildman–Crippen LogP) is 0.470. The minimum atomic E-state index is 0.754. The van der Waals surface area contributed by atoms with Gasteiger partial charge in [0.1, 0.15) is 0 Å². The van der Waals surface area contributed by atoms with E-state index in [1.165, 1.54) is 0 Å². The van der Waals surface area contributed by atoms with Gasteiger partial charge in [0.2, 0.25) is 5.88 Å². The summed E-state index contributed by atoms with van der Waals surface area (Å²) >= 11 is 0. The first-order valence-electron chi connectivity index (χ1n) is 3.03. The molecule has 56 valence electrons. The van der Waals surface area contributed by atoms with Crippen LogP contribution < -0.4 is 10.1 Å². The van der Waals surface area contributed by atoms with Gasteiger partial charge in [0.05, 0.1) is 7.11 Å². The molecule has 1 rings (SSSR count). The summed E-state index contributed by atoms with van der Waals surface area (Å²) in [6, 6.07) is 1.83. The van der Waals surface area contributed by atoms with Crippen LogP contribution in [-0.2, 0) is 7.05 Å². The Bertz CT molecular complexity index is 219. The van der Waals surface area contributed by atoms with E-state index in [0.29, 0.717) is 0 Å². The zero-order valence-electron chi connectivity index (χ0n) is 6.38. The van der Waals surface area contributed by atoms with Crippen molar-refractivity contribution in [1.29, 1.82) is 0 Å². The topological polar surface area (TPSA) is 39.1 Å². The first-order valence-corrected chi connectivity index (χ1v) is 3.03. The third-order valence-corrected chi connectivity index (χ3v) is 1.30. The molecule has 0 bridgehead atoms. The van der Waals surface area contributed by atoms with E-state index in [2.05, 4.69) is 10.4 Å². The number of nitrogens with one attached hydrogen (secondary N) is 1. The summed E-state index contributed by atoms with van der Waals surface area (Å²) in [5, 5.41) is 6.99. The second-order valence-electron chi connectivity index (χ2n) is 1.95. The molecule has 10 heavy (non-hydrogen) atoms.